The van der Waals surface area contributed by atoms with Crippen LogP contribution in [0.2, 0.25) is 0 Å². The summed E-state index contributed by atoms with van der Waals surface area (Å²) in [6, 6.07) is 0. The van der Waals surface area contributed by atoms with Gasteiger partial charge in [0.15, 0.2) is 0 Å². The Hall–Kier alpha value is -0.800. The van der Waals surface area contributed by atoms with E-state index in [9.17, 15) is 0 Å². The predicted octanol–water partition coefficient (Wildman–Crippen LogP) is 0.681. The molecule has 0 bridgehead atoms. The van der Waals surface area contributed by atoms with Crippen LogP contribution >= 0.6 is 0 Å². The molecule has 0 aromatic heterocycles. The van der Waals surface area contributed by atoms with Crippen LogP contribution in [0.25, 0.3) is 0 Å². The molecule has 0 unspecified atom stereocenters. The van der Waals surface area contributed by atoms with Crippen molar-refractivity contribution in [1.29, 1.82) is 0 Å². The molecule has 0 aromatic carbocycles. The molecule has 0 fully saturated rings. The van der Waals surface area contributed by atoms with E-state index in [2.05, 4.69) is 12.0 Å². The number of allylic oxidation sites excluding steroid dienone is 2. The zero-order valence-electron chi connectivity index (χ0n) is 6.88. The molecule has 0 amide bonds. The molecule has 0 aliphatic carbocycles. The Morgan fingerprint density at radius 2 is 2.45 bits per heavy atom. The van der Waals surface area contributed by atoms with Crippen molar-refractivity contribution in [2.24, 2.45) is 5.84 Å². The minimum absolute atomic E-state index is 0.237. The Balaban J connectivity index is 3.37. The number of nitrogens with one attached hydrogen (secondary N) is 1. The van der Waals surface area contributed by atoms with Crippen molar-refractivity contribution in [3.63, 3.8) is 0 Å². The second kappa shape index (κ2) is 5.95. The number of rotatable bonds is 5. The summed E-state index contributed by atoms with van der Waals surface area (Å²) in [5.74, 6) is 5.06. The Morgan fingerprint density at radius 1 is 1.82 bits per heavy atom. The molecule has 3 heteroatoms. The lowest BCUT2D eigenvalue weighted by Gasteiger charge is -1.99. The summed E-state index contributed by atoms with van der Waals surface area (Å²) in [7, 11) is 0. The largest absolute Gasteiger partial charge is 0.393 e. The van der Waals surface area contributed by atoms with E-state index >= 15 is 0 Å². The normalized spacial score (nSPS) is 13.4. The van der Waals surface area contributed by atoms with E-state index in [-0.39, 0.29) is 6.10 Å². The minimum atomic E-state index is -0.237. The monoisotopic (exact) mass is 156 g/mol. The fourth-order valence-electron chi connectivity index (χ4n) is 0.611. The highest BCUT2D eigenvalue weighted by atomic mass is 16.3. The molecule has 64 valence electrons. The highest BCUT2D eigenvalue weighted by Crippen LogP contribution is 1.97. The van der Waals surface area contributed by atoms with Gasteiger partial charge in [-0.3, -0.25) is 5.84 Å². The van der Waals surface area contributed by atoms with E-state index in [0.29, 0.717) is 5.70 Å². The second-order valence-electron chi connectivity index (χ2n) is 2.50. The topological polar surface area (TPSA) is 58.3 Å². The summed E-state index contributed by atoms with van der Waals surface area (Å²) in [5, 5.41) is 8.88. The van der Waals surface area contributed by atoms with Crippen molar-refractivity contribution in [2.45, 2.75) is 25.9 Å². The van der Waals surface area contributed by atoms with Crippen LogP contribution in [0, 0.1) is 0 Å². The van der Waals surface area contributed by atoms with Gasteiger partial charge in [-0.1, -0.05) is 12.7 Å². The summed E-state index contributed by atoms with van der Waals surface area (Å²) in [6.07, 6.45) is 5.10. The van der Waals surface area contributed by atoms with Gasteiger partial charge >= 0.3 is 0 Å². The van der Waals surface area contributed by atoms with Gasteiger partial charge < -0.3 is 10.5 Å². The number of hydrogen-bond acceptors (Lipinski definition) is 3. The van der Waals surface area contributed by atoms with Gasteiger partial charge in [-0.15, -0.1) is 0 Å². The van der Waals surface area contributed by atoms with Crippen LogP contribution in [0.1, 0.15) is 19.8 Å². The predicted molar refractivity (Wildman–Crippen MR) is 46.5 cm³/mol. The van der Waals surface area contributed by atoms with Crippen LogP contribution in [0.3, 0.4) is 0 Å². The maximum absolute atomic E-state index is 8.88. The van der Waals surface area contributed by atoms with Crippen LogP contribution in [0.4, 0.5) is 0 Å². The number of hydrazine groups is 1. The fourth-order valence-corrected chi connectivity index (χ4v) is 0.611. The quantitative estimate of drug-likeness (QED) is 0.312. The van der Waals surface area contributed by atoms with Gasteiger partial charge in [0.25, 0.3) is 0 Å². The first kappa shape index (κ1) is 10.2. The zero-order valence-corrected chi connectivity index (χ0v) is 6.88. The highest BCUT2D eigenvalue weighted by Gasteiger charge is 1.90. The summed E-state index contributed by atoms with van der Waals surface area (Å²) >= 11 is 0. The van der Waals surface area contributed by atoms with E-state index in [1.165, 1.54) is 0 Å². The Kier molecular flexibility index (Phi) is 5.51. The Morgan fingerprint density at radius 3 is 2.91 bits per heavy atom. The van der Waals surface area contributed by atoms with Gasteiger partial charge in [0, 0.05) is 5.70 Å². The lowest BCUT2D eigenvalue weighted by atomic mass is 10.2. The first-order valence-electron chi connectivity index (χ1n) is 3.67. The summed E-state index contributed by atoms with van der Waals surface area (Å²) in [5.41, 5.74) is 3.09. The fraction of sp³-hybridized carbons (Fsp3) is 0.500. The maximum Gasteiger partial charge on any atom is 0.0515 e. The van der Waals surface area contributed by atoms with Gasteiger partial charge in [0.1, 0.15) is 0 Å². The van der Waals surface area contributed by atoms with Gasteiger partial charge in [0.05, 0.1) is 6.10 Å². The SMILES string of the molecule is C=C(/C=C\CC[C@@H](C)O)NN. The van der Waals surface area contributed by atoms with Crippen molar-refractivity contribution in [2.75, 3.05) is 0 Å². The molecule has 11 heavy (non-hydrogen) atoms. The Labute approximate surface area is 67.6 Å². The van der Waals surface area contributed by atoms with Crippen molar-refractivity contribution in [3.05, 3.63) is 24.4 Å². The van der Waals surface area contributed by atoms with Crippen LogP contribution in [0.15, 0.2) is 24.4 Å². The van der Waals surface area contributed by atoms with Crippen LogP contribution in [0.5, 0.6) is 0 Å². The third kappa shape index (κ3) is 7.09. The van der Waals surface area contributed by atoms with Gasteiger partial charge in [-0.05, 0) is 25.8 Å². The van der Waals surface area contributed by atoms with Crippen molar-refractivity contribution in [3.8, 4) is 0 Å². The molecule has 0 heterocycles. The molecule has 0 spiro atoms. The average molecular weight is 156 g/mol. The molecular weight excluding hydrogens is 140 g/mol. The lowest BCUT2D eigenvalue weighted by Crippen LogP contribution is -2.18. The summed E-state index contributed by atoms with van der Waals surface area (Å²) in [6.45, 7) is 5.37. The van der Waals surface area contributed by atoms with Crippen LogP contribution in [-0.4, -0.2) is 11.2 Å². The average Bonchev–Trinajstić information content (AvgIpc) is 1.97. The van der Waals surface area contributed by atoms with E-state index in [0.717, 1.165) is 12.8 Å². The molecule has 0 aliphatic rings. The Bertz CT molecular complexity index is 141. The van der Waals surface area contributed by atoms with E-state index in [1.54, 1.807) is 13.0 Å². The molecule has 4 N–H and O–H groups in total. The highest BCUT2D eigenvalue weighted by molar-refractivity contribution is 5.10. The van der Waals surface area contributed by atoms with E-state index in [1.807, 2.05) is 6.08 Å². The third-order valence-electron chi connectivity index (χ3n) is 1.26. The first-order valence-corrected chi connectivity index (χ1v) is 3.67. The molecule has 1 atom stereocenters. The molecule has 0 radical (unpaired) electrons. The van der Waals surface area contributed by atoms with Gasteiger partial charge in [0.2, 0.25) is 0 Å². The van der Waals surface area contributed by atoms with E-state index in [4.69, 9.17) is 10.9 Å². The molecule has 0 saturated heterocycles. The smallest absolute Gasteiger partial charge is 0.0515 e. The van der Waals surface area contributed by atoms with Crippen LogP contribution in [-0.2, 0) is 0 Å². The number of aliphatic hydroxyl groups is 1. The van der Waals surface area contributed by atoms with Crippen molar-refractivity contribution in [1.82, 2.24) is 5.43 Å². The van der Waals surface area contributed by atoms with Crippen molar-refractivity contribution < 1.29 is 5.11 Å². The van der Waals surface area contributed by atoms with Crippen LogP contribution < -0.4 is 11.3 Å². The number of aliphatic hydroxyl groups excluding tert-OH is 1. The number of hydrogen-bond donors (Lipinski definition) is 3. The van der Waals surface area contributed by atoms with E-state index < -0.39 is 0 Å². The number of nitrogens with two attached hydrogens (primary N) is 1. The summed E-state index contributed by atoms with van der Waals surface area (Å²) < 4.78 is 0. The second-order valence-corrected chi connectivity index (χ2v) is 2.50. The lowest BCUT2D eigenvalue weighted by molar-refractivity contribution is 0.186. The standard InChI is InChI=1S/C8H16N2O/c1-7(10-9)5-3-4-6-8(2)11/h3,5,8,10-11H,1,4,6,9H2,2H3/b5-3-/t8-/m1/s1. The molecule has 0 aliphatic heterocycles. The molecule has 3 nitrogen and oxygen atoms in total. The molecule has 0 saturated carbocycles. The third-order valence-corrected chi connectivity index (χ3v) is 1.26. The summed E-state index contributed by atoms with van der Waals surface area (Å²) in [4.78, 5) is 0. The van der Waals surface area contributed by atoms with Gasteiger partial charge in [-0.2, -0.15) is 0 Å². The molecular formula is C8H16N2O. The maximum atomic E-state index is 8.88. The molecule has 0 rings (SSSR count). The van der Waals surface area contributed by atoms with Crippen molar-refractivity contribution >= 4 is 0 Å². The minimum Gasteiger partial charge on any atom is -0.393 e. The molecule has 0 aromatic rings. The van der Waals surface area contributed by atoms with Gasteiger partial charge in [-0.25, -0.2) is 0 Å². The first-order chi connectivity index (χ1) is 5.16. The zero-order chi connectivity index (χ0) is 8.69.